The van der Waals surface area contributed by atoms with E-state index in [4.69, 9.17) is 4.98 Å². The molecule has 1 aliphatic carbocycles. The molecule has 5 rings (SSSR count). The lowest BCUT2D eigenvalue weighted by atomic mass is 9.96. The van der Waals surface area contributed by atoms with Crippen LogP contribution in [0.2, 0.25) is 0 Å². The van der Waals surface area contributed by atoms with E-state index in [9.17, 15) is 4.79 Å². The number of fused-ring (bicyclic) bond motifs is 1. The van der Waals surface area contributed by atoms with Crippen LogP contribution in [0.3, 0.4) is 0 Å². The van der Waals surface area contributed by atoms with E-state index < -0.39 is 0 Å². The molecule has 2 fully saturated rings. The van der Waals surface area contributed by atoms with E-state index in [2.05, 4.69) is 22.0 Å². The smallest absolute Gasteiger partial charge is 0.272 e. The average molecular weight is 380 g/mol. The minimum absolute atomic E-state index is 0.0891. The Morgan fingerprint density at radius 3 is 2.82 bits per heavy atom. The van der Waals surface area contributed by atoms with E-state index in [0.29, 0.717) is 18.2 Å². The summed E-state index contributed by atoms with van der Waals surface area (Å²) in [5.41, 5.74) is 4.20. The van der Waals surface area contributed by atoms with Crippen LogP contribution in [0, 0.1) is 0 Å². The Morgan fingerprint density at radius 2 is 2.00 bits per heavy atom. The molecule has 0 spiro atoms. The van der Waals surface area contributed by atoms with Crippen molar-refractivity contribution in [2.24, 2.45) is 7.05 Å². The van der Waals surface area contributed by atoms with Gasteiger partial charge < -0.3 is 9.80 Å². The van der Waals surface area contributed by atoms with Crippen LogP contribution in [0.15, 0.2) is 12.3 Å². The first-order chi connectivity index (χ1) is 13.6. The normalized spacial score (nSPS) is 22.9. The van der Waals surface area contributed by atoms with Crippen LogP contribution in [0.4, 0.5) is 0 Å². The minimum atomic E-state index is 0.0891. The van der Waals surface area contributed by atoms with Gasteiger partial charge in [0, 0.05) is 68.9 Å². The standard InChI is InChI=1S/C21H28N6O/c1-25-9-7-17-16(12-25)11-22-20(23-17)15-4-3-8-27(13-15)21(28)19-10-18(14-5-6-14)24-26(19)2/h10-11,14-15H,3-9,12-13H2,1-2H3. The predicted molar refractivity (Wildman–Crippen MR) is 105 cm³/mol. The van der Waals surface area contributed by atoms with Crippen molar-refractivity contribution in [3.8, 4) is 0 Å². The maximum atomic E-state index is 13.1. The first-order valence-electron chi connectivity index (χ1n) is 10.4. The summed E-state index contributed by atoms with van der Waals surface area (Å²) < 4.78 is 1.76. The van der Waals surface area contributed by atoms with Crippen molar-refractivity contribution in [3.63, 3.8) is 0 Å². The Bertz CT molecular complexity index is 902. The van der Waals surface area contributed by atoms with E-state index in [-0.39, 0.29) is 11.8 Å². The minimum Gasteiger partial charge on any atom is -0.337 e. The average Bonchev–Trinajstić information content (AvgIpc) is 3.49. The maximum Gasteiger partial charge on any atom is 0.272 e. The highest BCUT2D eigenvalue weighted by Crippen LogP contribution is 2.39. The van der Waals surface area contributed by atoms with Gasteiger partial charge in [-0.2, -0.15) is 5.10 Å². The third kappa shape index (κ3) is 3.32. The van der Waals surface area contributed by atoms with Gasteiger partial charge >= 0.3 is 0 Å². The molecular formula is C21H28N6O. The summed E-state index contributed by atoms with van der Waals surface area (Å²) in [6.45, 7) is 3.47. The summed E-state index contributed by atoms with van der Waals surface area (Å²) in [7, 11) is 4.01. The molecule has 148 valence electrons. The second-order valence-electron chi connectivity index (χ2n) is 8.63. The number of aromatic nitrogens is 4. The van der Waals surface area contributed by atoms with Gasteiger partial charge in [0.05, 0.1) is 5.69 Å². The molecule has 0 N–H and O–H groups in total. The summed E-state index contributed by atoms with van der Waals surface area (Å²) in [6.07, 6.45) is 7.41. The number of hydrogen-bond acceptors (Lipinski definition) is 5. The molecular weight excluding hydrogens is 352 g/mol. The summed E-state index contributed by atoms with van der Waals surface area (Å²) in [5.74, 6) is 1.78. The number of aryl methyl sites for hydroxylation is 1. The van der Waals surface area contributed by atoms with Gasteiger partial charge in [-0.1, -0.05) is 0 Å². The van der Waals surface area contributed by atoms with Gasteiger partial charge in [-0.25, -0.2) is 9.97 Å². The number of hydrogen-bond donors (Lipinski definition) is 0. The number of rotatable bonds is 3. The Hall–Kier alpha value is -2.28. The van der Waals surface area contributed by atoms with Crippen molar-refractivity contribution >= 4 is 5.91 Å². The number of piperidine rings is 1. The second-order valence-corrected chi connectivity index (χ2v) is 8.63. The molecule has 0 aromatic carbocycles. The lowest BCUT2D eigenvalue weighted by Gasteiger charge is -2.32. The van der Waals surface area contributed by atoms with Crippen LogP contribution >= 0.6 is 0 Å². The molecule has 1 unspecified atom stereocenters. The van der Waals surface area contributed by atoms with Crippen molar-refractivity contribution in [2.45, 2.75) is 50.5 Å². The number of amides is 1. The maximum absolute atomic E-state index is 13.1. The molecule has 1 amide bonds. The highest BCUT2D eigenvalue weighted by atomic mass is 16.2. The Kier molecular flexibility index (Phi) is 4.42. The zero-order valence-corrected chi connectivity index (χ0v) is 16.8. The second kappa shape index (κ2) is 6.95. The summed E-state index contributed by atoms with van der Waals surface area (Å²) in [5, 5.41) is 4.56. The number of carbonyl (C=O) groups is 1. The van der Waals surface area contributed by atoms with Crippen LogP contribution in [0.25, 0.3) is 0 Å². The van der Waals surface area contributed by atoms with Crippen LogP contribution in [-0.4, -0.2) is 62.1 Å². The molecule has 0 radical (unpaired) electrons. The predicted octanol–water partition coefficient (Wildman–Crippen LogP) is 2.10. The number of nitrogens with zero attached hydrogens (tertiary/aromatic N) is 6. The molecule has 2 aromatic rings. The van der Waals surface area contributed by atoms with Gasteiger partial charge in [-0.3, -0.25) is 9.48 Å². The fraction of sp³-hybridized carbons (Fsp3) is 0.619. The summed E-state index contributed by atoms with van der Waals surface area (Å²) >= 11 is 0. The van der Waals surface area contributed by atoms with Crippen molar-refractivity contribution in [2.75, 3.05) is 26.7 Å². The summed E-state index contributed by atoms with van der Waals surface area (Å²) in [4.78, 5) is 27.0. The van der Waals surface area contributed by atoms with Crippen molar-refractivity contribution in [1.82, 2.24) is 29.5 Å². The number of carbonyl (C=O) groups excluding carboxylic acids is 1. The molecule has 0 bridgehead atoms. The van der Waals surface area contributed by atoms with Gasteiger partial charge in [-0.15, -0.1) is 0 Å². The molecule has 4 heterocycles. The van der Waals surface area contributed by atoms with Gasteiger partial charge in [0.15, 0.2) is 0 Å². The lowest BCUT2D eigenvalue weighted by Crippen LogP contribution is -2.40. The van der Waals surface area contributed by atoms with Crippen LogP contribution in [0.5, 0.6) is 0 Å². The van der Waals surface area contributed by atoms with E-state index in [1.165, 1.54) is 24.1 Å². The third-order valence-electron chi connectivity index (χ3n) is 6.33. The summed E-state index contributed by atoms with van der Waals surface area (Å²) in [6, 6.07) is 2.00. The van der Waals surface area contributed by atoms with E-state index in [1.807, 2.05) is 24.2 Å². The monoisotopic (exact) mass is 380 g/mol. The van der Waals surface area contributed by atoms with Crippen LogP contribution in [-0.2, 0) is 20.0 Å². The van der Waals surface area contributed by atoms with Crippen molar-refractivity contribution < 1.29 is 4.79 Å². The molecule has 3 aliphatic rings. The molecule has 7 heteroatoms. The first-order valence-corrected chi connectivity index (χ1v) is 10.4. The van der Waals surface area contributed by atoms with Crippen LogP contribution < -0.4 is 0 Å². The molecule has 28 heavy (non-hydrogen) atoms. The molecule has 1 atom stereocenters. The van der Waals surface area contributed by atoms with Crippen LogP contribution in [0.1, 0.15) is 70.8 Å². The highest BCUT2D eigenvalue weighted by Gasteiger charge is 2.32. The van der Waals surface area contributed by atoms with E-state index >= 15 is 0 Å². The molecule has 1 saturated heterocycles. The Morgan fingerprint density at radius 1 is 1.14 bits per heavy atom. The fourth-order valence-corrected chi connectivity index (χ4v) is 4.47. The molecule has 1 saturated carbocycles. The molecule has 7 nitrogen and oxygen atoms in total. The lowest BCUT2D eigenvalue weighted by molar-refractivity contribution is 0.0693. The van der Waals surface area contributed by atoms with Gasteiger partial charge in [0.1, 0.15) is 11.5 Å². The van der Waals surface area contributed by atoms with E-state index in [1.54, 1.807) is 4.68 Å². The zero-order valence-electron chi connectivity index (χ0n) is 16.8. The topological polar surface area (TPSA) is 67.2 Å². The largest absolute Gasteiger partial charge is 0.337 e. The van der Waals surface area contributed by atoms with Crippen molar-refractivity contribution in [3.05, 3.63) is 40.7 Å². The van der Waals surface area contributed by atoms with Gasteiger partial charge in [0.25, 0.3) is 5.91 Å². The van der Waals surface area contributed by atoms with Gasteiger partial charge in [-0.05, 0) is 38.8 Å². The fourth-order valence-electron chi connectivity index (χ4n) is 4.47. The highest BCUT2D eigenvalue weighted by molar-refractivity contribution is 5.92. The van der Waals surface area contributed by atoms with Crippen molar-refractivity contribution in [1.29, 1.82) is 0 Å². The van der Waals surface area contributed by atoms with Gasteiger partial charge in [0.2, 0.25) is 0 Å². The Balaban J connectivity index is 1.33. The molecule has 2 aliphatic heterocycles. The SMILES string of the molecule is CN1CCc2nc(C3CCCN(C(=O)c4cc(C5CC5)nn4C)C3)ncc2C1. The third-order valence-corrected chi connectivity index (χ3v) is 6.33. The number of likely N-dealkylation sites (N-methyl/N-ethyl adjacent to an activating group) is 1. The molecule has 2 aromatic heterocycles. The number of likely N-dealkylation sites (tertiary alicyclic amines) is 1. The first kappa shape index (κ1) is 17.8. The Labute approximate surface area is 165 Å². The zero-order chi connectivity index (χ0) is 19.3. The quantitative estimate of drug-likeness (QED) is 0.816. The van der Waals surface area contributed by atoms with E-state index in [0.717, 1.165) is 50.4 Å².